The first kappa shape index (κ1) is 47.0. The number of rotatable bonds is 14. The molecule has 0 radical (unpaired) electrons. The zero-order valence-corrected chi connectivity index (χ0v) is 38.9. The highest BCUT2D eigenvalue weighted by Gasteiger charge is 2.55. The molecule has 0 aromatic heterocycles. The first-order valence-electron chi connectivity index (χ1n) is 23.2. The summed E-state index contributed by atoms with van der Waals surface area (Å²) in [6, 6.07) is 25.0. The average molecular weight is 849 g/mol. The molecular formula is C52H72N4O6. The number of likely N-dealkylation sites (tertiary alicyclic amines) is 2. The maximum atomic E-state index is 15.5. The van der Waals surface area contributed by atoms with E-state index >= 15 is 9.59 Å². The van der Waals surface area contributed by atoms with Gasteiger partial charge in [0.25, 0.3) is 0 Å². The van der Waals surface area contributed by atoms with Crippen LogP contribution in [0.2, 0.25) is 0 Å². The van der Waals surface area contributed by atoms with Gasteiger partial charge in [0, 0.05) is 39.0 Å². The van der Waals surface area contributed by atoms with E-state index in [-0.39, 0.29) is 42.6 Å². The highest BCUT2D eigenvalue weighted by molar-refractivity contribution is 6.14. The molecule has 336 valence electrons. The Balaban J connectivity index is 1.34. The molecule has 4 atom stereocenters. The summed E-state index contributed by atoms with van der Waals surface area (Å²) in [5.41, 5.74) is 3.13. The van der Waals surface area contributed by atoms with Crippen LogP contribution in [0.4, 0.5) is 4.79 Å². The summed E-state index contributed by atoms with van der Waals surface area (Å²) < 4.78 is 12.2. The molecule has 3 aromatic rings. The lowest BCUT2D eigenvalue weighted by atomic mass is 9.66. The highest BCUT2D eigenvalue weighted by Crippen LogP contribution is 2.44. The third kappa shape index (κ3) is 10.6. The number of nitrogens with zero attached hydrogens (tertiary/aromatic N) is 2. The van der Waals surface area contributed by atoms with Gasteiger partial charge in [-0.1, -0.05) is 93.6 Å². The molecule has 3 fully saturated rings. The molecule has 3 aliphatic heterocycles. The van der Waals surface area contributed by atoms with E-state index in [9.17, 15) is 9.59 Å². The lowest BCUT2D eigenvalue weighted by Crippen LogP contribution is -2.64. The quantitative estimate of drug-likeness (QED) is 0.124. The van der Waals surface area contributed by atoms with Crippen LogP contribution in [-0.2, 0) is 48.5 Å². The molecule has 3 aromatic carbocycles. The van der Waals surface area contributed by atoms with Gasteiger partial charge in [0.2, 0.25) is 11.8 Å². The molecule has 62 heavy (non-hydrogen) atoms. The van der Waals surface area contributed by atoms with E-state index in [1.807, 2.05) is 41.5 Å². The molecule has 0 bridgehead atoms. The van der Waals surface area contributed by atoms with E-state index in [0.29, 0.717) is 45.4 Å². The first-order valence-corrected chi connectivity index (χ1v) is 23.2. The number of ether oxygens (including phenoxy) is 2. The highest BCUT2D eigenvalue weighted by atomic mass is 16.6. The number of ketones is 1. The molecule has 3 saturated heterocycles. The van der Waals surface area contributed by atoms with Gasteiger partial charge in [-0.2, -0.15) is 0 Å². The number of Topliss-reactive ketones (excluding diaryl/α,β-unsaturated/α-hetero) is 1. The van der Waals surface area contributed by atoms with Crippen molar-refractivity contribution in [1.82, 2.24) is 20.4 Å². The van der Waals surface area contributed by atoms with Gasteiger partial charge in [0.15, 0.2) is 11.3 Å². The summed E-state index contributed by atoms with van der Waals surface area (Å²) >= 11 is 0. The lowest BCUT2D eigenvalue weighted by molar-refractivity contribution is -0.145. The summed E-state index contributed by atoms with van der Waals surface area (Å²) in [7, 11) is 0. The van der Waals surface area contributed by atoms with Crippen molar-refractivity contribution < 1.29 is 28.7 Å². The first-order chi connectivity index (χ1) is 29.4. The summed E-state index contributed by atoms with van der Waals surface area (Å²) in [4.78, 5) is 61.7. The van der Waals surface area contributed by atoms with E-state index in [4.69, 9.17) is 9.47 Å². The predicted octanol–water partition coefficient (Wildman–Crippen LogP) is 8.34. The Morgan fingerprint density at radius 3 is 1.73 bits per heavy atom. The smallest absolute Gasteiger partial charge is 0.410 e. The number of amides is 3. The number of benzene rings is 3. The molecule has 0 unspecified atom stereocenters. The number of nitrogens with one attached hydrogen (secondary N) is 2. The van der Waals surface area contributed by atoms with Crippen molar-refractivity contribution in [1.29, 1.82) is 0 Å². The number of carbonyl (C=O) groups excluding carboxylic acids is 4. The summed E-state index contributed by atoms with van der Waals surface area (Å²) in [5, 5.41) is 6.48. The Morgan fingerprint density at radius 2 is 1.27 bits per heavy atom. The molecule has 10 nitrogen and oxygen atoms in total. The number of aryl methyl sites for hydroxylation is 3. The standard InChI is InChI=1S/C52H72N4O6/c1-10-36-16-22-40(23-17-36)51(41-24-18-37(11-2)19-25-41,42-26-20-38(12-3)21-27-42)32-45(57)56-35-43(61-49(4,5)6)31-44(56)46(58)52(28-14-29-54-52)47(59)53-33-39-15-13-30-55(34-39)48(60)62-50(7,8)9/h16-27,39,43-44,54H,10-15,28-35H2,1-9H3,(H,53,59)/t39-,43-,44+,52-/m1/s1. The SMILES string of the molecule is CCc1ccc(C(CC(=O)N2C[C@H](OC(C)(C)C)C[C@H]2C(=O)[C@@]2(C(=O)NC[C@H]3CCCN(C(=O)OC(C)(C)C)C3)CCCN2)(c2ccc(CC)cc2)c2ccc(CC)cc2)cc1. The van der Waals surface area contributed by atoms with Crippen LogP contribution in [0.15, 0.2) is 72.8 Å². The number of carbonyl (C=O) groups is 4. The van der Waals surface area contributed by atoms with Gasteiger partial charge in [-0.05, 0) is 132 Å². The molecule has 2 N–H and O–H groups in total. The minimum atomic E-state index is -1.50. The van der Waals surface area contributed by atoms with Crippen LogP contribution in [-0.4, -0.2) is 95.1 Å². The minimum absolute atomic E-state index is 0.0141. The number of hydrogen-bond donors (Lipinski definition) is 2. The van der Waals surface area contributed by atoms with Crippen LogP contribution in [0.3, 0.4) is 0 Å². The van der Waals surface area contributed by atoms with Gasteiger partial charge >= 0.3 is 6.09 Å². The van der Waals surface area contributed by atoms with Crippen LogP contribution >= 0.6 is 0 Å². The zero-order chi connectivity index (χ0) is 44.9. The van der Waals surface area contributed by atoms with Crippen molar-refractivity contribution in [3.05, 3.63) is 106 Å². The van der Waals surface area contributed by atoms with Gasteiger partial charge in [-0.25, -0.2) is 4.79 Å². The summed E-state index contributed by atoms with van der Waals surface area (Å²) in [6.45, 7) is 20.1. The molecule has 10 heteroatoms. The molecule has 0 aliphatic carbocycles. The molecule has 0 spiro atoms. The van der Waals surface area contributed by atoms with Crippen LogP contribution in [0.1, 0.15) is 134 Å². The van der Waals surface area contributed by atoms with Crippen molar-refractivity contribution >= 4 is 23.7 Å². The molecule has 3 aliphatic rings. The third-order valence-corrected chi connectivity index (χ3v) is 13.1. The summed E-state index contributed by atoms with van der Waals surface area (Å²) in [5.74, 6) is -0.822. The number of hydrogen-bond acceptors (Lipinski definition) is 7. The van der Waals surface area contributed by atoms with Crippen molar-refractivity contribution in [3.63, 3.8) is 0 Å². The normalized spacial score (nSPS) is 22.1. The van der Waals surface area contributed by atoms with E-state index in [1.54, 1.807) is 9.80 Å². The fraction of sp³-hybridized carbons (Fsp3) is 0.577. The van der Waals surface area contributed by atoms with Gasteiger partial charge in [-0.15, -0.1) is 0 Å². The molecule has 6 rings (SSSR count). The molecule has 0 saturated carbocycles. The van der Waals surface area contributed by atoms with Crippen molar-refractivity contribution in [2.75, 3.05) is 32.7 Å². The van der Waals surface area contributed by atoms with E-state index in [2.05, 4.69) is 104 Å². The van der Waals surface area contributed by atoms with Crippen LogP contribution in [0.5, 0.6) is 0 Å². The van der Waals surface area contributed by atoms with Gasteiger partial charge in [0.1, 0.15) is 5.60 Å². The van der Waals surface area contributed by atoms with E-state index in [0.717, 1.165) is 48.8 Å². The van der Waals surface area contributed by atoms with Crippen molar-refractivity contribution in [2.45, 2.75) is 154 Å². The monoisotopic (exact) mass is 849 g/mol. The Kier molecular flexibility index (Phi) is 14.7. The molecular weight excluding hydrogens is 777 g/mol. The van der Waals surface area contributed by atoms with Crippen LogP contribution in [0, 0.1) is 5.92 Å². The predicted molar refractivity (Wildman–Crippen MR) is 245 cm³/mol. The molecule has 3 heterocycles. The summed E-state index contributed by atoms with van der Waals surface area (Å²) in [6.07, 6.45) is 4.91. The Morgan fingerprint density at radius 1 is 0.742 bits per heavy atom. The van der Waals surface area contributed by atoms with Crippen LogP contribution in [0.25, 0.3) is 0 Å². The average Bonchev–Trinajstić information content (AvgIpc) is 3.92. The number of piperidine rings is 1. The van der Waals surface area contributed by atoms with Gasteiger partial charge in [-0.3, -0.25) is 19.7 Å². The fourth-order valence-corrected chi connectivity index (χ4v) is 9.77. The van der Waals surface area contributed by atoms with E-state index < -0.39 is 34.3 Å². The fourth-order valence-electron chi connectivity index (χ4n) is 9.77. The largest absolute Gasteiger partial charge is 0.444 e. The Hall–Kier alpha value is -4.54. The lowest BCUT2D eigenvalue weighted by Gasteiger charge is -2.39. The van der Waals surface area contributed by atoms with E-state index in [1.165, 1.54) is 16.7 Å². The van der Waals surface area contributed by atoms with Crippen molar-refractivity contribution in [3.8, 4) is 0 Å². The minimum Gasteiger partial charge on any atom is -0.444 e. The van der Waals surface area contributed by atoms with Crippen LogP contribution < -0.4 is 10.6 Å². The van der Waals surface area contributed by atoms with Crippen molar-refractivity contribution in [2.24, 2.45) is 5.92 Å². The molecule has 3 amide bonds. The maximum Gasteiger partial charge on any atom is 0.410 e. The Bertz CT molecular complexity index is 1890. The Labute approximate surface area is 370 Å². The second-order valence-corrected chi connectivity index (χ2v) is 19.8. The second kappa shape index (κ2) is 19.5. The maximum absolute atomic E-state index is 15.5. The third-order valence-electron chi connectivity index (χ3n) is 13.1. The zero-order valence-electron chi connectivity index (χ0n) is 38.9. The van der Waals surface area contributed by atoms with Gasteiger partial charge in [0.05, 0.1) is 23.2 Å². The van der Waals surface area contributed by atoms with Gasteiger partial charge < -0.3 is 24.6 Å². The second-order valence-electron chi connectivity index (χ2n) is 19.8. The topological polar surface area (TPSA) is 117 Å².